The van der Waals surface area contributed by atoms with Crippen molar-refractivity contribution >= 4 is 39.1 Å². The first kappa shape index (κ1) is 21.4. The second-order valence-corrected chi connectivity index (χ2v) is 10.8. The molecule has 1 aromatic carbocycles. The van der Waals surface area contributed by atoms with E-state index in [-0.39, 0.29) is 45.5 Å². The van der Waals surface area contributed by atoms with Crippen LogP contribution < -0.4 is 0 Å². The van der Waals surface area contributed by atoms with Crippen molar-refractivity contribution in [1.82, 2.24) is 9.21 Å². The number of halogens is 2. The number of hydrogen-bond donors (Lipinski definition) is 0. The lowest BCUT2D eigenvalue weighted by atomic mass is 9.78. The molecule has 2 heterocycles. The van der Waals surface area contributed by atoms with Crippen LogP contribution in [0.2, 0.25) is 10.0 Å². The normalized spacial score (nSPS) is 26.2. The summed E-state index contributed by atoms with van der Waals surface area (Å²) in [6, 6.07) is 2.96. The van der Waals surface area contributed by atoms with Crippen molar-refractivity contribution in [1.29, 1.82) is 0 Å². The summed E-state index contributed by atoms with van der Waals surface area (Å²) >= 11 is 12.6. The minimum atomic E-state index is -3.83. The molecule has 2 atom stereocenters. The van der Waals surface area contributed by atoms with Gasteiger partial charge in [-0.3, -0.25) is 4.79 Å². The number of rotatable bonds is 3. The van der Waals surface area contributed by atoms with E-state index in [1.807, 2.05) is 4.90 Å². The topological polar surface area (TPSA) is 66.9 Å². The molecule has 1 amide bonds. The van der Waals surface area contributed by atoms with Crippen LogP contribution >= 0.6 is 23.2 Å². The fraction of sp³-hybridized carbons (Fsp3) is 0.650. The van der Waals surface area contributed by atoms with Crippen LogP contribution in [0.3, 0.4) is 0 Å². The maximum absolute atomic E-state index is 13.4. The smallest absolute Gasteiger partial charge is 0.255 e. The molecule has 1 aromatic rings. The Labute approximate surface area is 182 Å². The van der Waals surface area contributed by atoms with E-state index in [9.17, 15) is 13.2 Å². The van der Waals surface area contributed by atoms with Gasteiger partial charge in [-0.2, -0.15) is 4.31 Å². The largest absolute Gasteiger partial charge is 0.379 e. The summed E-state index contributed by atoms with van der Waals surface area (Å²) in [7, 11) is -3.83. The Kier molecular flexibility index (Phi) is 6.42. The van der Waals surface area contributed by atoms with Crippen LogP contribution in [0.1, 0.15) is 48.9 Å². The zero-order valence-corrected chi connectivity index (χ0v) is 18.6. The number of sulfonamides is 1. The first-order valence-electron chi connectivity index (χ1n) is 10.3. The molecule has 0 N–H and O–H groups in total. The molecular formula is C20H26Cl2N2O4S. The quantitative estimate of drug-likeness (QED) is 0.687. The first-order chi connectivity index (χ1) is 13.9. The highest BCUT2D eigenvalue weighted by molar-refractivity contribution is 7.89. The zero-order valence-electron chi connectivity index (χ0n) is 16.3. The van der Waals surface area contributed by atoms with E-state index in [0.717, 1.165) is 32.1 Å². The third-order valence-corrected chi connectivity index (χ3v) is 9.02. The van der Waals surface area contributed by atoms with E-state index in [1.165, 1.54) is 22.9 Å². The minimum Gasteiger partial charge on any atom is -0.379 e. The van der Waals surface area contributed by atoms with Gasteiger partial charge >= 0.3 is 0 Å². The molecule has 0 bridgehead atoms. The molecule has 0 radical (unpaired) electrons. The summed E-state index contributed by atoms with van der Waals surface area (Å²) in [5.41, 5.74) is 0.217. The summed E-state index contributed by atoms with van der Waals surface area (Å²) in [5.74, 6) is 0.339. The third-order valence-electron chi connectivity index (χ3n) is 6.34. The predicted molar refractivity (Wildman–Crippen MR) is 112 cm³/mol. The lowest BCUT2D eigenvalue weighted by Crippen LogP contribution is -2.49. The third kappa shape index (κ3) is 4.17. The van der Waals surface area contributed by atoms with Crippen molar-refractivity contribution < 1.29 is 17.9 Å². The number of ether oxygens (including phenoxy) is 1. The van der Waals surface area contributed by atoms with Gasteiger partial charge in [-0.1, -0.05) is 36.0 Å². The van der Waals surface area contributed by atoms with Crippen LogP contribution in [0, 0.1) is 5.92 Å². The monoisotopic (exact) mass is 460 g/mol. The van der Waals surface area contributed by atoms with Gasteiger partial charge in [0.15, 0.2) is 0 Å². The molecule has 6 nitrogen and oxygen atoms in total. The van der Waals surface area contributed by atoms with Gasteiger partial charge in [0.2, 0.25) is 10.0 Å². The van der Waals surface area contributed by atoms with Crippen LogP contribution in [0.25, 0.3) is 0 Å². The number of morpholine rings is 1. The van der Waals surface area contributed by atoms with E-state index in [1.54, 1.807) is 0 Å². The lowest BCUT2D eigenvalue weighted by molar-refractivity contribution is 0.0390. The highest BCUT2D eigenvalue weighted by Gasteiger charge is 2.37. The van der Waals surface area contributed by atoms with Crippen LogP contribution in [0.5, 0.6) is 0 Å². The maximum atomic E-state index is 13.4. The van der Waals surface area contributed by atoms with Crippen molar-refractivity contribution in [3.63, 3.8) is 0 Å². The number of piperidine rings is 1. The van der Waals surface area contributed by atoms with E-state index < -0.39 is 10.0 Å². The van der Waals surface area contributed by atoms with Gasteiger partial charge in [0.05, 0.1) is 28.8 Å². The highest BCUT2D eigenvalue weighted by Crippen LogP contribution is 2.38. The van der Waals surface area contributed by atoms with Crippen molar-refractivity contribution in [3.05, 3.63) is 27.7 Å². The van der Waals surface area contributed by atoms with E-state index in [4.69, 9.17) is 27.9 Å². The Balaban J connectivity index is 1.67. The van der Waals surface area contributed by atoms with Crippen LogP contribution in [0.15, 0.2) is 17.0 Å². The highest BCUT2D eigenvalue weighted by atomic mass is 35.5. The predicted octanol–water partition coefficient (Wildman–Crippen LogP) is 3.81. The minimum absolute atomic E-state index is 0.0345. The molecule has 1 aliphatic carbocycles. The molecule has 9 heteroatoms. The van der Waals surface area contributed by atoms with Crippen LogP contribution in [-0.4, -0.2) is 62.4 Å². The Hall–Kier alpha value is -0.860. The fourth-order valence-electron chi connectivity index (χ4n) is 4.85. The number of likely N-dealkylation sites (tertiary alicyclic amines) is 1. The molecule has 2 aliphatic heterocycles. The SMILES string of the molecule is O=C(c1cc(S(=O)(=O)N2CCOCC2)c(Cl)cc1Cl)N1CCCC2CCCCC21. The first-order valence-corrected chi connectivity index (χ1v) is 12.5. The summed E-state index contributed by atoms with van der Waals surface area (Å²) in [4.78, 5) is 15.3. The molecule has 1 saturated carbocycles. The number of amides is 1. The van der Waals surface area contributed by atoms with Gasteiger partial charge in [0.25, 0.3) is 5.91 Å². The summed E-state index contributed by atoms with van der Waals surface area (Å²) in [5, 5.41) is 0.228. The summed E-state index contributed by atoms with van der Waals surface area (Å²) in [6.07, 6.45) is 6.61. The second-order valence-electron chi connectivity index (χ2n) is 8.03. The Morgan fingerprint density at radius 3 is 2.41 bits per heavy atom. The molecule has 3 fully saturated rings. The molecule has 2 unspecified atom stereocenters. The number of carbonyl (C=O) groups excluding carboxylic acids is 1. The average molecular weight is 461 g/mol. The van der Waals surface area contributed by atoms with Crippen LogP contribution in [0.4, 0.5) is 0 Å². The van der Waals surface area contributed by atoms with Gasteiger partial charge in [-0.15, -0.1) is 0 Å². The summed E-state index contributed by atoms with van der Waals surface area (Å²) < 4.78 is 32.8. The van der Waals surface area contributed by atoms with Crippen molar-refractivity contribution in [2.45, 2.75) is 49.5 Å². The number of hydrogen-bond acceptors (Lipinski definition) is 4. The van der Waals surface area contributed by atoms with Gasteiger partial charge in [-0.05, 0) is 43.7 Å². The number of fused-ring (bicyclic) bond motifs is 1. The number of benzene rings is 1. The van der Waals surface area contributed by atoms with Crippen molar-refractivity contribution in [2.24, 2.45) is 5.92 Å². The molecule has 0 spiro atoms. The lowest BCUT2D eigenvalue weighted by Gasteiger charge is -2.44. The summed E-state index contributed by atoms with van der Waals surface area (Å²) in [6.45, 7) is 1.89. The maximum Gasteiger partial charge on any atom is 0.255 e. The van der Waals surface area contributed by atoms with E-state index in [0.29, 0.717) is 25.7 Å². The molecule has 4 rings (SSSR count). The second kappa shape index (κ2) is 8.71. The van der Waals surface area contributed by atoms with Crippen LogP contribution in [-0.2, 0) is 14.8 Å². The molecule has 160 valence electrons. The molecule has 29 heavy (non-hydrogen) atoms. The molecular weight excluding hydrogens is 435 g/mol. The van der Waals surface area contributed by atoms with E-state index in [2.05, 4.69) is 0 Å². The zero-order chi connectivity index (χ0) is 20.6. The Bertz CT molecular complexity index is 885. The van der Waals surface area contributed by atoms with Crippen molar-refractivity contribution in [3.8, 4) is 0 Å². The standard InChI is InChI=1S/C20H26Cl2N2O4S/c21-16-13-17(22)19(29(26,27)23-8-10-28-11-9-23)12-15(16)20(25)24-7-3-5-14-4-1-2-6-18(14)24/h12-14,18H,1-11H2. The fourth-order valence-corrected chi connectivity index (χ4v) is 7.08. The van der Waals surface area contributed by atoms with Gasteiger partial charge in [-0.25, -0.2) is 8.42 Å². The van der Waals surface area contributed by atoms with E-state index >= 15 is 0 Å². The Morgan fingerprint density at radius 2 is 1.66 bits per heavy atom. The number of nitrogens with zero attached hydrogens (tertiary/aromatic N) is 2. The van der Waals surface area contributed by atoms with Gasteiger partial charge in [0.1, 0.15) is 4.90 Å². The Morgan fingerprint density at radius 1 is 0.966 bits per heavy atom. The average Bonchev–Trinajstić information content (AvgIpc) is 2.73. The molecule has 2 saturated heterocycles. The van der Waals surface area contributed by atoms with Crippen molar-refractivity contribution in [2.75, 3.05) is 32.8 Å². The molecule has 0 aromatic heterocycles. The number of carbonyl (C=O) groups is 1. The van der Waals surface area contributed by atoms with Gasteiger partial charge < -0.3 is 9.64 Å². The molecule has 3 aliphatic rings. The van der Waals surface area contributed by atoms with Gasteiger partial charge in [0, 0.05) is 25.7 Å².